The molecule has 2 saturated carbocycles. The average Bonchev–Trinajstić information content (AvgIpc) is 2.55. The van der Waals surface area contributed by atoms with E-state index in [0.29, 0.717) is 44.9 Å². The van der Waals surface area contributed by atoms with E-state index in [1.807, 2.05) is 30.3 Å². The highest BCUT2D eigenvalue weighted by Gasteiger charge is 2.46. The molecule has 0 heterocycles. The van der Waals surface area contributed by atoms with Crippen molar-refractivity contribution in [3.63, 3.8) is 0 Å². The van der Waals surface area contributed by atoms with Gasteiger partial charge in [-0.15, -0.1) is 0 Å². The second kappa shape index (κ2) is 7.20. The Labute approximate surface area is 141 Å². The topological polar surface area (TPSA) is 68.3 Å². The number of hydrogen-bond acceptors (Lipinski definition) is 4. The second-order valence-corrected chi connectivity index (χ2v) is 6.88. The van der Waals surface area contributed by atoms with Crippen LogP contribution in [0.2, 0.25) is 0 Å². The maximum Gasteiger partial charge on any atom is 0.143 e. The van der Waals surface area contributed by atoms with Gasteiger partial charge in [0.25, 0.3) is 0 Å². The first-order valence-electron chi connectivity index (χ1n) is 8.72. The van der Waals surface area contributed by atoms with Crippen molar-refractivity contribution in [3.8, 4) is 0 Å². The molecule has 0 aliphatic heterocycles. The van der Waals surface area contributed by atoms with Crippen LogP contribution >= 0.6 is 0 Å². The van der Waals surface area contributed by atoms with Crippen molar-refractivity contribution in [2.24, 2.45) is 17.8 Å². The lowest BCUT2D eigenvalue weighted by Crippen LogP contribution is -2.45. The summed E-state index contributed by atoms with van der Waals surface area (Å²) in [5.74, 6) is -2.51. The number of benzene rings is 1. The van der Waals surface area contributed by atoms with Crippen LogP contribution in [0.1, 0.15) is 44.1 Å². The third-order valence-electron chi connectivity index (χ3n) is 5.25. The zero-order chi connectivity index (χ0) is 17.1. The molecule has 2 aliphatic carbocycles. The van der Waals surface area contributed by atoms with E-state index in [4.69, 9.17) is 0 Å². The van der Waals surface area contributed by atoms with E-state index in [-0.39, 0.29) is 23.1 Å². The number of ketones is 4. The van der Waals surface area contributed by atoms with Crippen LogP contribution in [0.25, 0.3) is 0 Å². The van der Waals surface area contributed by atoms with Gasteiger partial charge in [0, 0.05) is 25.7 Å². The third-order valence-corrected chi connectivity index (χ3v) is 5.25. The molecule has 0 unspecified atom stereocenters. The fourth-order valence-corrected chi connectivity index (χ4v) is 4.12. The molecule has 4 nitrogen and oxygen atoms in total. The first-order chi connectivity index (χ1) is 11.6. The molecule has 4 heteroatoms. The summed E-state index contributed by atoms with van der Waals surface area (Å²) < 4.78 is 0. The van der Waals surface area contributed by atoms with Gasteiger partial charge in [-0.3, -0.25) is 19.2 Å². The van der Waals surface area contributed by atoms with Gasteiger partial charge < -0.3 is 0 Å². The van der Waals surface area contributed by atoms with Crippen LogP contribution in [0.15, 0.2) is 30.3 Å². The van der Waals surface area contributed by atoms with Crippen LogP contribution in [0.4, 0.5) is 0 Å². The fraction of sp³-hybridized carbons (Fsp3) is 0.500. The Kier molecular flexibility index (Phi) is 5.03. The van der Waals surface area contributed by atoms with Crippen molar-refractivity contribution in [2.75, 3.05) is 0 Å². The van der Waals surface area contributed by atoms with Gasteiger partial charge in [-0.2, -0.15) is 0 Å². The van der Waals surface area contributed by atoms with Gasteiger partial charge in [0.05, 0.1) is 11.8 Å². The van der Waals surface area contributed by atoms with Gasteiger partial charge in [-0.25, -0.2) is 0 Å². The second-order valence-electron chi connectivity index (χ2n) is 6.88. The molecule has 0 atom stereocenters. The summed E-state index contributed by atoms with van der Waals surface area (Å²) in [6.45, 7) is 0. The van der Waals surface area contributed by atoms with E-state index >= 15 is 0 Å². The molecule has 0 saturated heterocycles. The molecular weight excluding hydrogens is 304 g/mol. The first kappa shape index (κ1) is 16.7. The van der Waals surface area contributed by atoms with Crippen molar-refractivity contribution in [2.45, 2.75) is 44.9 Å². The molecule has 0 N–H and O–H groups in total. The molecule has 0 spiro atoms. The van der Waals surface area contributed by atoms with Crippen molar-refractivity contribution >= 4 is 23.1 Å². The Morgan fingerprint density at radius 1 is 0.708 bits per heavy atom. The Morgan fingerprint density at radius 3 is 1.54 bits per heavy atom. The Bertz CT molecular complexity index is 591. The molecule has 1 aromatic carbocycles. The Hall–Kier alpha value is -2.10. The smallest absolute Gasteiger partial charge is 0.143 e. The standard InChI is InChI=1S/C20H22O4/c21-15-8-4-9-16(22)19(15)14(12-13-6-2-1-3-7-13)20-17(23)10-5-11-18(20)24/h1-3,6-7,14,19-20H,4-5,8-12H2. The summed E-state index contributed by atoms with van der Waals surface area (Å²) in [4.78, 5) is 49.8. The summed E-state index contributed by atoms with van der Waals surface area (Å²) in [5.41, 5.74) is 0.958. The number of Topliss-reactive ketones (excluding diaryl/α,β-unsaturated/α-hetero) is 4. The zero-order valence-corrected chi connectivity index (χ0v) is 13.7. The minimum Gasteiger partial charge on any atom is -0.299 e. The maximum atomic E-state index is 12.4. The normalized spacial score (nSPS) is 20.9. The minimum absolute atomic E-state index is 0.0987. The fourth-order valence-electron chi connectivity index (χ4n) is 4.12. The van der Waals surface area contributed by atoms with E-state index in [9.17, 15) is 19.2 Å². The SMILES string of the molecule is O=C1CCCC(=O)C1C(Cc1ccccc1)C1C(=O)CCCC1=O. The van der Waals surface area contributed by atoms with Crippen LogP contribution in [0.5, 0.6) is 0 Å². The van der Waals surface area contributed by atoms with E-state index in [1.165, 1.54) is 0 Å². The van der Waals surface area contributed by atoms with Crippen molar-refractivity contribution in [3.05, 3.63) is 35.9 Å². The summed E-state index contributed by atoms with van der Waals surface area (Å²) in [6, 6.07) is 9.51. The van der Waals surface area contributed by atoms with E-state index in [2.05, 4.69) is 0 Å². The third kappa shape index (κ3) is 3.37. The monoisotopic (exact) mass is 326 g/mol. The van der Waals surface area contributed by atoms with Gasteiger partial charge in [0.15, 0.2) is 0 Å². The van der Waals surface area contributed by atoms with Crippen molar-refractivity contribution in [1.82, 2.24) is 0 Å². The number of carbonyl (C=O) groups is 4. The van der Waals surface area contributed by atoms with Gasteiger partial charge >= 0.3 is 0 Å². The molecule has 0 amide bonds. The Morgan fingerprint density at radius 2 is 1.12 bits per heavy atom. The van der Waals surface area contributed by atoms with Gasteiger partial charge in [-0.1, -0.05) is 30.3 Å². The van der Waals surface area contributed by atoms with Crippen LogP contribution in [0.3, 0.4) is 0 Å². The lowest BCUT2D eigenvalue weighted by atomic mass is 9.66. The van der Waals surface area contributed by atoms with Crippen LogP contribution in [-0.2, 0) is 25.6 Å². The van der Waals surface area contributed by atoms with Crippen LogP contribution in [0, 0.1) is 17.8 Å². The van der Waals surface area contributed by atoms with E-state index in [1.54, 1.807) is 0 Å². The van der Waals surface area contributed by atoms with Crippen molar-refractivity contribution < 1.29 is 19.2 Å². The predicted octanol–water partition coefficient (Wildman–Crippen LogP) is 2.72. The van der Waals surface area contributed by atoms with Gasteiger partial charge in [-0.05, 0) is 30.7 Å². The average molecular weight is 326 g/mol. The molecule has 2 fully saturated rings. The summed E-state index contributed by atoms with van der Waals surface area (Å²) in [6.07, 6.45) is 3.07. The first-order valence-corrected chi connectivity index (χ1v) is 8.72. The van der Waals surface area contributed by atoms with Gasteiger partial charge in [0.1, 0.15) is 23.1 Å². The zero-order valence-electron chi connectivity index (χ0n) is 13.7. The quantitative estimate of drug-likeness (QED) is 0.798. The number of rotatable bonds is 4. The largest absolute Gasteiger partial charge is 0.299 e. The van der Waals surface area contributed by atoms with E-state index < -0.39 is 17.8 Å². The lowest BCUT2D eigenvalue weighted by molar-refractivity contribution is -0.144. The number of hydrogen-bond donors (Lipinski definition) is 0. The highest BCUT2D eigenvalue weighted by molar-refractivity contribution is 6.09. The molecule has 3 rings (SSSR count). The molecule has 1 aromatic rings. The summed E-state index contributed by atoms with van der Waals surface area (Å²) >= 11 is 0. The molecule has 0 radical (unpaired) electrons. The predicted molar refractivity (Wildman–Crippen MR) is 88.3 cm³/mol. The minimum atomic E-state index is -0.796. The van der Waals surface area contributed by atoms with E-state index in [0.717, 1.165) is 5.56 Å². The van der Waals surface area contributed by atoms with Gasteiger partial charge in [0.2, 0.25) is 0 Å². The molecule has 0 bridgehead atoms. The molecule has 0 aromatic heterocycles. The van der Waals surface area contributed by atoms with Crippen molar-refractivity contribution in [1.29, 1.82) is 0 Å². The summed E-state index contributed by atoms with van der Waals surface area (Å²) in [5, 5.41) is 0. The van der Waals surface area contributed by atoms with Crippen LogP contribution < -0.4 is 0 Å². The molecule has 126 valence electrons. The molecule has 2 aliphatic rings. The lowest BCUT2D eigenvalue weighted by Gasteiger charge is -2.34. The number of carbonyl (C=O) groups excluding carboxylic acids is 4. The van der Waals surface area contributed by atoms with Crippen LogP contribution in [-0.4, -0.2) is 23.1 Å². The molecular formula is C20H22O4. The summed E-state index contributed by atoms with van der Waals surface area (Å²) in [7, 11) is 0. The highest BCUT2D eigenvalue weighted by Crippen LogP contribution is 2.36. The Balaban J connectivity index is 1.96. The highest BCUT2D eigenvalue weighted by atomic mass is 16.2. The molecule has 24 heavy (non-hydrogen) atoms. The maximum absolute atomic E-state index is 12.4.